The van der Waals surface area contributed by atoms with Crippen LogP contribution in [0.1, 0.15) is 58.3 Å². The van der Waals surface area contributed by atoms with E-state index in [4.69, 9.17) is 5.73 Å². The first-order chi connectivity index (χ1) is 9.57. The maximum atomic E-state index is 11.7. The van der Waals surface area contributed by atoms with Crippen LogP contribution in [-0.4, -0.2) is 41.5 Å². The lowest BCUT2D eigenvalue weighted by atomic mass is 9.94. The Labute approximate surface area is 122 Å². The molecule has 0 saturated heterocycles. The molecule has 0 aliphatic heterocycles. The summed E-state index contributed by atoms with van der Waals surface area (Å²) in [5, 5.41) is 3.45. The van der Waals surface area contributed by atoms with Crippen LogP contribution in [0.4, 0.5) is 0 Å². The number of nitrogens with zero attached hydrogens (tertiary/aromatic N) is 1. The first-order valence-electron chi connectivity index (χ1n) is 8.38. The fourth-order valence-corrected chi connectivity index (χ4v) is 3.08. The van der Waals surface area contributed by atoms with Crippen LogP contribution in [0.3, 0.4) is 0 Å². The Bertz CT molecular complexity index is 361. The number of hydrogen-bond donors (Lipinski definition) is 2. The molecule has 1 unspecified atom stereocenters. The Morgan fingerprint density at radius 2 is 1.95 bits per heavy atom. The first-order valence-corrected chi connectivity index (χ1v) is 8.38. The van der Waals surface area contributed by atoms with Crippen molar-refractivity contribution in [3.05, 3.63) is 0 Å². The molecule has 0 spiro atoms. The van der Waals surface area contributed by atoms with Gasteiger partial charge in [-0.1, -0.05) is 0 Å². The van der Waals surface area contributed by atoms with Crippen molar-refractivity contribution >= 4 is 5.91 Å². The maximum Gasteiger partial charge on any atom is 0.237 e. The summed E-state index contributed by atoms with van der Waals surface area (Å²) < 4.78 is 0. The third-order valence-corrected chi connectivity index (χ3v) is 5.02. The van der Waals surface area contributed by atoms with E-state index in [1.807, 2.05) is 6.92 Å². The summed E-state index contributed by atoms with van der Waals surface area (Å²) in [6.45, 7) is 4.40. The lowest BCUT2D eigenvalue weighted by Crippen LogP contribution is -2.54. The highest BCUT2D eigenvalue weighted by Gasteiger charge is 2.37. The predicted octanol–water partition coefficient (Wildman–Crippen LogP) is 1.64. The lowest BCUT2D eigenvalue weighted by Gasteiger charge is -2.29. The summed E-state index contributed by atoms with van der Waals surface area (Å²) in [4.78, 5) is 14.4. The van der Waals surface area contributed by atoms with Crippen LogP contribution in [0.15, 0.2) is 0 Å². The number of nitrogens with one attached hydrogen (secondary N) is 1. The SMILES string of the molecule is CC(CCCN(CC1CC1)C1CC1)(NC1CC1)C(N)=O. The van der Waals surface area contributed by atoms with Gasteiger partial charge in [0.15, 0.2) is 0 Å². The van der Waals surface area contributed by atoms with Gasteiger partial charge in [-0.25, -0.2) is 0 Å². The first kappa shape index (κ1) is 14.3. The Balaban J connectivity index is 1.44. The Hall–Kier alpha value is -0.610. The molecule has 0 aromatic rings. The number of hydrogen-bond acceptors (Lipinski definition) is 3. The smallest absolute Gasteiger partial charge is 0.237 e. The zero-order valence-electron chi connectivity index (χ0n) is 12.7. The topological polar surface area (TPSA) is 58.4 Å². The van der Waals surface area contributed by atoms with Crippen LogP contribution in [-0.2, 0) is 4.79 Å². The molecule has 4 nitrogen and oxygen atoms in total. The number of nitrogens with two attached hydrogens (primary N) is 1. The van der Waals surface area contributed by atoms with Gasteiger partial charge in [-0.05, 0) is 70.8 Å². The third-order valence-electron chi connectivity index (χ3n) is 5.02. The van der Waals surface area contributed by atoms with E-state index in [-0.39, 0.29) is 5.91 Å². The normalized spacial score (nSPS) is 25.7. The van der Waals surface area contributed by atoms with E-state index in [9.17, 15) is 4.79 Å². The highest BCUT2D eigenvalue weighted by Crippen LogP contribution is 2.35. The van der Waals surface area contributed by atoms with Gasteiger partial charge in [0, 0.05) is 18.6 Å². The standard InChI is InChI=1S/C16H29N3O/c1-16(15(17)20,18-13-5-6-13)9-2-10-19(14-7-8-14)11-12-3-4-12/h12-14,18H,2-11H2,1H3,(H2,17,20). The molecule has 0 aromatic heterocycles. The van der Waals surface area contributed by atoms with Crippen molar-refractivity contribution in [1.29, 1.82) is 0 Å². The molecule has 0 bridgehead atoms. The van der Waals surface area contributed by atoms with E-state index >= 15 is 0 Å². The largest absolute Gasteiger partial charge is 0.368 e. The summed E-state index contributed by atoms with van der Waals surface area (Å²) in [7, 11) is 0. The van der Waals surface area contributed by atoms with Crippen LogP contribution in [0.25, 0.3) is 0 Å². The molecular weight excluding hydrogens is 250 g/mol. The molecule has 3 aliphatic carbocycles. The predicted molar refractivity (Wildman–Crippen MR) is 80.3 cm³/mol. The summed E-state index contributed by atoms with van der Waals surface area (Å²) >= 11 is 0. The van der Waals surface area contributed by atoms with Crippen molar-refractivity contribution in [3.63, 3.8) is 0 Å². The summed E-state index contributed by atoms with van der Waals surface area (Å²) in [5.74, 6) is 0.771. The van der Waals surface area contributed by atoms with Gasteiger partial charge in [-0.3, -0.25) is 4.79 Å². The molecule has 3 rings (SSSR count). The average Bonchev–Trinajstić information content (AvgIpc) is 3.25. The number of amides is 1. The monoisotopic (exact) mass is 279 g/mol. The molecule has 1 atom stereocenters. The number of carbonyl (C=O) groups excluding carboxylic acids is 1. The van der Waals surface area contributed by atoms with Gasteiger partial charge in [0.25, 0.3) is 0 Å². The van der Waals surface area contributed by atoms with Crippen LogP contribution in [0.2, 0.25) is 0 Å². The minimum absolute atomic E-state index is 0.190. The van der Waals surface area contributed by atoms with Gasteiger partial charge in [0.2, 0.25) is 5.91 Å². The summed E-state index contributed by atoms with van der Waals surface area (Å²) in [6.07, 6.45) is 9.92. The van der Waals surface area contributed by atoms with Crippen molar-refractivity contribution in [2.45, 2.75) is 75.9 Å². The molecule has 3 aliphatic rings. The van der Waals surface area contributed by atoms with E-state index in [2.05, 4.69) is 10.2 Å². The second-order valence-corrected chi connectivity index (χ2v) is 7.39. The molecule has 1 amide bonds. The van der Waals surface area contributed by atoms with Crippen molar-refractivity contribution in [3.8, 4) is 0 Å². The highest BCUT2D eigenvalue weighted by atomic mass is 16.1. The Morgan fingerprint density at radius 3 is 2.45 bits per heavy atom. The lowest BCUT2D eigenvalue weighted by molar-refractivity contribution is -0.124. The van der Waals surface area contributed by atoms with Crippen LogP contribution in [0, 0.1) is 5.92 Å². The van der Waals surface area contributed by atoms with Crippen molar-refractivity contribution in [2.24, 2.45) is 11.7 Å². The van der Waals surface area contributed by atoms with E-state index < -0.39 is 5.54 Å². The minimum atomic E-state index is -0.504. The van der Waals surface area contributed by atoms with E-state index in [1.165, 1.54) is 45.1 Å². The molecule has 3 saturated carbocycles. The summed E-state index contributed by atoms with van der Waals surface area (Å²) in [6, 6.07) is 1.37. The third kappa shape index (κ3) is 3.95. The van der Waals surface area contributed by atoms with Gasteiger partial charge < -0.3 is 16.0 Å². The van der Waals surface area contributed by atoms with Crippen LogP contribution in [0.5, 0.6) is 0 Å². The summed E-state index contributed by atoms with van der Waals surface area (Å²) in [5.41, 5.74) is 5.11. The number of primary amides is 1. The molecule has 20 heavy (non-hydrogen) atoms. The molecule has 3 N–H and O–H groups in total. The van der Waals surface area contributed by atoms with Gasteiger partial charge in [-0.2, -0.15) is 0 Å². The average molecular weight is 279 g/mol. The van der Waals surface area contributed by atoms with Gasteiger partial charge in [-0.15, -0.1) is 0 Å². The molecular formula is C16H29N3O. The molecule has 0 aromatic carbocycles. The Kier molecular flexibility index (Phi) is 4.04. The number of carbonyl (C=O) groups is 1. The second kappa shape index (κ2) is 5.64. The fraction of sp³-hybridized carbons (Fsp3) is 0.938. The quantitative estimate of drug-likeness (QED) is 0.639. The molecule has 0 heterocycles. The zero-order valence-corrected chi connectivity index (χ0v) is 12.7. The van der Waals surface area contributed by atoms with E-state index in [0.717, 1.165) is 31.3 Å². The van der Waals surface area contributed by atoms with E-state index in [0.29, 0.717) is 6.04 Å². The maximum absolute atomic E-state index is 11.7. The Morgan fingerprint density at radius 1 is 1.25 bits per heavy atom. The van der Waals surface area contributed by atoms with Gasteiger partial charge in [0.1, 0.15) is 0 Å². The van der Waals surface area contributed by atoms with E-state index in [1.54, 1.807) is 0 Å². The van der Waals surface area contributed by atoms with Gasteiger partial charge in [0.05, 0.1) is 5.54 Å². The molecule has 0 radical (unpaired) electrons. The van der Waals surface area contributed by atoms with Crippen LogP contribution >= 0.6 is 0 Å². The molecule has 4 heteroatoms. The molecule has 3 fully saturated rings. The minimum Gasteiger partial charge on any atom is -0.368 e. The van der Waals surface area contributed by atoms with Crippen molar-refractivity contribution in [2.75, 3.05) is 13.1 Å². The highest BCUT2D eigenvalue weighted by molar-refractivity contribution is 5.84. The zero-order chi connectivity index (χ0) is 14.2. The second-order valence-electron chi connectivity index (χ2n) is 7.39. The van der Waals surface area contributed by atoms with Crippen LogP contribution < -0.4 is 11.1 Å². The van der Waals surface area contributed by atoms with Gasteiger partial charge >= 0.3 is 0 Å². The van der Waals surface area contributed by atoms with Crippen molar-refractivity contribution < 1.29 is 4.79 Å². The fourth-order valence-electron chi connectivity index (χ4n) is 3.08. The van der Waals surface area contributed by atoms with Crippen molar-refractivity contribution in [1.82, 2.24) is 10.2 Å². The molecule has 114 valence electrons. The number of rotatable bonds is 10.